The van der Waals surface area contributed by atoms with Crippen LogP contribution >= 0.6 is 0 Å². The van der Waals surface area contributed by atoms with E-state index in [1.165, 1.54) is 44.9 Å². The van der Waals surface area contributed by atoms with Crippen molar-refractivity contribution in [2.45, 2.75) is 76.9 Å². The molecule has 0 aromatic rings. The fraction of sp³-hybridized carbons (Fsp3) is 0.929. The van der Waals surface area contributed by atoms with Gasteiger partial charge in [-0.05, 0) is 32.1 Å². The van der Waals surface area contributed by atoms with Crippen molar-refractivity contribution in [3.63, 3.8) is 0 Å². The third-order valence-electron chi connectivity index (χ3n) is 4.26. The predicted octanol–water partition coefficient (Wildman–Crippen LogP) is 2.21. The van der Waals surface area contributed by atoms with E-state index in [0.29, 0.717) is 12.1 Å². The zero-order chi connectivity index (χ0) is 12.3. The summed E-state index contributed by atoms with van der Waals surface area (Å²) < 4.78 is 0. The van der Waals surface area contributed by atoms with E-state index in [1.54, 1.807) is 0 Å². The summed E-state index contributed by atoms with van der Waals surface area (Å²) in [6, 6.07) is 0.993. The minimum Gasteiger partial charge on any atom is -0.352 e. The zero-order valence-electron chi connectivity index (χ0n) is 11.2. The average Bonchev–Trinajstić information content (AvgIpc) is 3.08. The SMILES string of the molecule is CCC1CC1NC(C)C(=O)NC1CCCCC1. The Hall–Kier alpha value is -0.570. The summed E-state index contributed by atoms with van der Waals surface area (Å²) in [5.41, 5.74) is 0. The molecule has 0 spiro atoms. The first kappa shape index (κ1) is 12.9. The number of carbonyl (C=O) groups excluding carboxylic acids is 1. The lowest BCUT2D eigenvalue weighted by Gasteiger charge is -2.24. The Kier molecular flexibility index (Phi) is 4.43. The maximum absolute atomic E-state index is 12.0. The van der Waals surface area contributed by atoms with Gasteiger partial charge in [-0.15, -0.1) is 0 Å². The molecule has 0 bridgehead atoms. The van der Waals surface area contributed by atoms with Crippen molar-refractivity contribution in [1.82, 2.24) is 10.6 Å². The molecule has 0 aromatic carbocycles. The first-order chi connectivity index (χ1) is 8.20. The number of hydrogen-bond acceptors (Lipinski definition) is 2. The molecule has 2 aliphatic carbocycles. The van der Waals surface area contributed by atoms with E-state index in [2.05, 4.69) is 17.6 Å². The van der Waals surface area contributed by atoms with Crippen LogP contribution < -0.4 is 10.6 Å². The Labute approximate surface area is 105 Å². The van der Waals surface area contributed by atoms with Gasteiger partial charge < -0.3 is 10.6 Å². The molecule has 0 aliphatic heterocycles. The monoisotopic (exact) mass is 238 g/mol. The van der Waals surface area contributed by atoms with Gasteiger partial charge in [0.25, 0.3) is 0 Å². The topological polar surface area (TPSA) is 41.1 Å². The summed E-state index contributed by atoms with van der Waals surface area (Å²) in [6.07, 6.45) is 8.69. The molecule has 3 atom stereocenters. The number of carbonyl (C=O) groups is 1. The van der Waals surface area contributed by atoms with Crippen molar-refractivity contribution in [3.05, 3.63) is 0 Å². The zero-order valence-corrected chi connectivity index (χ0v) is 11.2. The molecule has 17 heavy (non-hydrogen) atoms. The Balaban J connectivity index is 1.67. The summed E-state index contributed by atoms with van der Waals surface area (Å²) in [5, 5.41) is 6.62. The maximum Gasteiger partial charge on any atom is 0.237 e. The molecule has 2 N–H and O–H groups in total. The predicted molar refractivity (Wildman–Crippen MR) is 69.8 cm³/mol. The van der Waals surface area contributed by atoms with Gasteiger partial charge in [0.2, 0.25) is 5.91 Å². The van der Waals surface area contributed by atoms with Gasteiger partial charge in [0.15, 0.2) is 0 Å². The maximum atomic E-state index is 12.0. The highest BCUT2D eigenvalue weighted by molar-refractivity contribution is 5.81. The van der Waals surface area contributed by atoms with Crippen molar-refractivity contribution in [3.8, 4) is 0 Å². The minimum absolute atomic E-state index is 0.0292. The van der Waals surface area contributed by atoms with Crippen LogP contribution in [-0.4, -0.2) is 24.0 Å². The summed E-state index contributed by atoms with van der Waals surface area (Å²) in [4.78, 5) is 12.0. The lowest BCUT2D eigenvalue weighted by Crippen LogP contribution is -2.47. The molecule has 2 rings (SSSR count). The van der Waals surface area contributed by atoms with E-state index in [4.69, 9.17) is 0 Å². The Bertz CT molecular complexity index is 261. The van der Waals surface area contributed by atoms with Gasteiger partial charge in [-0.2, -0.15) is 0 Å². The van der Waals surface area contributed by atoms with Crippen molar-refractivity contribution in [2.24, 2.45) is 5.92 Å². The van der Waals surface area contributed by atoms with E-state index >= 15 is 0 Å². The average molecular weight is 238 g/mol. The third-order valence-corrected chi connectivity index (χ3v) is 4.26. The molecule has 3 nitrogen and oxygen atoms in total. The van der Waals surface area contributed by atoms with Crippen LogP contribution in [0.4, 0.5) is 0 Å². The first-order valence-electron chi connectivity index (χ1n) is 7.27. The van der Waals surface area contributed by atoms with E-state index in [9.17, 15) is 4.79 Å². The van der Waals surface area contributed by atoms with Gasteiger partial charge in [-0.1, -0.05) is 32.6 Å². The first-order valence-corrected chi connectivity index (χ1v) is 7.27. The van der Waals surface area contributed by atoms with Gasteiger partial charge >= 0.3 is 0 Å². The van der Waals surface area contributed by atoms with E-state index in [1.807, 2.05) is 6.92 Å². The van der Waals surface area contributed by atoms with Crippen LogP contribution in [0.25, 0.3) is 0 Å². The van der Waals surface area contributed by atoms with E-state index in [-0.39, 0.29) is 11.9 Å². The Morgan fingerprint density at radius 2 is 2.00 bits per heavy atom. The number of hydrogen-bond donors (Lipinski definition) is 2. The summed E-state index contributed by atoms with van der Waals surface area (Å²) in [6.45, 7) is 4.21. The second-order valence-corrected chi connectivity index (χ2v) is 5.74. The molecular weight excluding hydrogens is 212 g/mol. The molecule has 1 amide bonds. The smallest absolute Gasteiger partial charge is 0.237 e. The molecular formula is C14H26N2O. The number of nitrogens with one attached hydrogen (secondary N) is 2. The molecule has 2 saturated carbocycles. The molecule has 3 unspecified atom stereocenters. The van der Waals surface area contributed by atoms with Crippen molar-refractivity contribution < 1.29 is 4.79 Å². The van der Waals surface area contributed by atoms with Crippen LogP contribution in [0.1, 0.15) is 58.8 Å². The van der Waals surface area contributed by atoms with E-state index in [0.717, 1.165) is 5.92 Å². The fourth-order valence-electron chi connectivity index (χ4n) is 2.87. The van der Waals surface area contributed by atoms with Gasteiger partial charge in [-0.3, -0.25) is 4.79 Å². The molecule has 0 heterocycles. The van der Waals surface area contributed by atoms with Crippen LogP contribution in [0, 0.1) is 5.92 Å². The second kappa shape index (κ2) is 5.85. The van der Waals surface area contributed by atoms with Crippen molar-refractivity contribution >= 4 is 5.91 Å². The standard InChI is InChI=1S/C14H26N2O/c1-3-11-9-13(11)15-10(2)14(17)16-12-7-5-4-6-8-12/h10-13,15H,3-9H2,1-2H3,(H,16,17). The molecule has 3 heteroatoms. The Morgan fingerprint density at radius 3 is 2.59 bits per heavy atom. The molecule has 98 valence electrons. The van der Waals surface area contributed by atoms with Gasteiger partial charge in [0, 0.05) is 12.1 Å². The molecule has 2 aliphatic rings. The van der Waals surface area contributed by atoms with Crippen LogP contribution in [0.2, 0.25) is 0 Å². The molecule has 0 saturated heterocycles. The number of rotatable bonds is 5. The molecule has 2 fully saturated rings. The van der Waals surface area contributed by atoms with Crippen LogP contribution in [0.15, 0.2) is 0 Å². The van der Waals surface area contributed by atoms with Gasteiger partial charge in [-0.25, -0.2) is 0 Å². The van der Waals surface area contributed by atoms with Crippen LogP contribution in [0.3, 0.4) is 0 Å². The van der Waals surface area contributed by atoms with Crippen LogP contribution in [0.5, 0.6) is 0 Å². The third kappa shape index (κ3) is 3.70. The lowest BCUT2D eigenvalue weighted by atomic mass is 9.95. The normalized spacial score (nSPS) is 30.9. The highest BCUT2D eigenvalue weighted by Crippen LogP contribution is 2.33. The fourth-order valence-corrected chi connectivity index (χ4v) is 2.87. The quantitative estimate of drug-likeness (QED) is 0.771. The van der Waals surface area contributed by atoms with Crippen molar-refractivity contribution in [2.75, 3.05) is 0 Å². The minimum atomic E-state index is -0.0292. The van der Waals surface area contributed by atoms with Crippen molar-refractivity contribution in [1.29, 1.82) is 0 Å². The molecule has 0 radical (unpaired) electrons. The second-order valence-electron chi connectivity index (χ2n) is 5.74. The summed E-state index contributed by atoms with van der Waals surface area (Å²) in [5.74, 6) is 0.999. The highest BCUT2D eigenvalue weighted by atomic mass is 16.2. The lowest BCUT2D eigenvalue weighted by molar-refractivity contribution is -0.123. The van der Waals surface area contributed by atoms with E-state index < -0.39 is 0 Å². The highest BCUT2D eigenvalue weighted by Gasteiger charge is 2.37. The number of amides is 1. The summed E-state index contributed by atoms with van der Waals surface area (Å²) in [7, 11) is 0. The van der Waals surface area contributed by atoms with Crippen LogP contribution in [-0.2, 0) is 4.79 Å². The molecule has 0 aromatic heterocycles. The van der Waals surface area contributed by atoms with Gasteiger partial charge in [0.1, 0.15) is 0 Å². The van der Waals surface area contributed by atoms with Gasteiger partial charge in [0.05, 0.1) is 6.04 Å². The summed E-state index contributed by atoms with van der Waals surface area (Å²) >= 11 is 0. The largest absolute Gasteiger partial charge is 0.352 e. The Morgan fingerprint density at radius 1 is 1.29 bits per heavy atom.